The van der Waals surface area contributed by atoms with Gasteiger partial charge in [-0.1, -0.05) is 23.7 Å². The number of benzene rings is 1. The number of nitrogens with zero attached hydrogens (tertiary/aromatic N) is 5. The fourth-order valence-corrected chi connectivity index (χ4v) is 4.95. The van der Waals surface area contributed by atoms with Gasteiger partial charge in [0.15, 0.2) is 5.69 Å². The van der Waals surface area contributed by atoms with Gasteiger partial charge in [0.2, 0.25) is 5.91 Å². The number of carbonyl (C=O) groups is 2. The van der Waals surface area contributed by atoms with Crippen LogP contribution in [0.1, 0.15) is 45.8 Å². The standard InChI is InChI=1S/C24H26ClN5O2S/c1-28(12-19-14-33-15-26-19)24(32)23-20-13-29(22(31)10-16-4-6-18(25)7-5-16)9-8-21(20)30(27-23)11-17-2-3-17/h4-7,14-15,17H,2-3,8-13H2,1H3. The number of thiazole rings is 1. The van der Waals surface area contributed by atoms with Crippen LogP contribution in [0.3, 0.4) is 0 Å². The number of fused-ring (bicyclic) bond motifs is 1. The lowest BCUT2D eigenvalue weighted by molar-refractivity contribution is -0.131. The molecule has 2 aliphatic rings. The highest BCUT2D eigenvalue weighted by atomic mass is 35.5. The topological polar surface area (TPSA) is 71.3 Å². The SMILES string of the molecule is CN(Cc1cscn1)C(=O)c1nn(CC2CC2)c2c1CN(C(=O)Cc1ccc(Cl)cc1)CC2. The lowest BCUT2D eigenvalue weighted by Gasteiger charge is -2.28. The van der Waals surface area contributed by atoms with Crippen LogP contribution in [-0.4, -0.2) is 50.0 Å². The molecule has 5 rings (SSSR count). The predicted octanol–water partition coefficient (Wildman–Crippen LogP) is 3.80. The third kappa shape index (κ3) is 4.96. The molecule has 1 fully saturated rings. The van der Waals surface area contributed by atoms with Crippen molar-refractivity contribution in [3.63, 3.8) is 0 Å². The van der Waals surface area contributed by atoms with E-state index < -0.39 is 0 Å². The van der Waals surface area contributed by atoms with Crippen molar-refractivity contribution in [2.75, 3.05) is 13.6 Å². The maximum atomic E-state index is 13.4. The van der Waals surface area contributed by atoms with Crippen molar-refractivity contribution < 1.29 is 9.59 Å². The van der Waals surface area contributed by atoms with Crippen LogP contribution in [0, 0.1) is 5.92 Å². The van der Waals surface area contributed by atoms with Crippen molar-refractivity contribution in [1.82, 2.24) is 24.6 Å². The Morgan fingerprint density at radius 3 is 2.73 bits per heavy atom. The van der Waals surface area contributed by atoms with Gasteiger partial charge in [-0.05, 0) is 36.5 Å². The number of hydrogen-bond acceptors (Lipinski definition) is 5. The first-order valence-electron chi connectivity index (χ1n) is 11.2. The molecule has 1 aromatic carbocycles. The number of aromatic nitrogens is 3. The van der Waals surface area contributed by atoms with E-state index in [-0.39, 0.29) is 11.8 Å². The van der Waals surface area contributed by atoms with Crippen LogP contribution >= 0.6 is 22.9 Å². The normalized spacial score (nSPS) is 15.4. The number of hydrogen-bond donors (Lipinski definition) is 0. The number of rotatable bonds is 7. The molecular weight excluding hydrogens is 458 g/mol. The molecule has 2 amide bonds. The van der Waals surface area contributed by atoms with E-state index >= 15 is 0 Å². The van der Waals surface area contributed by atoms with Gasteiger partial charge < -0.3 is 9.80 Å². The Bertz CT molecular complexity index is 1150. The molecule has 172 valence electrons. The Labute approximate surface area is 202 Å². The lowest BCUT2D eigenvalue weighted by atomic mass is 10.0. The maximum Gasteiger partial charge on any atom is 0.274 e. The largest absolute Gasteiger partial charge is 0.338 e. The van der Waals surface area contributed by atoms with E-state index in [1.807, 2.05) is 27.1 Å². The zero-order chi connectivity index (χ0) is 22.9. The highest BCUT2D eigenvalue weighted by Gasteiger charge is 2.33. The summed E-state index contributed by atoms with van der Waals surface area (Å²) < 4.78 is 2.03. The average Bonchev–Trinajstić information content (AvgIpc) is 3.35. The van der Waals surface area contributed by atoms with Crippen molar-refractivity contribution in [2.24, 2.45) is 5.92 Å². The molecule has 33 heavy (non-hydrogen) atoms. The second kappa shape index (κ2) is 9.27. The maximum absolute atomic E-state index is 13.4. The molecule has 0 radical (unpaired) electrons. The molecule has 0 unspecified atom stereocenters. The minimum atomic E-state index is -0.124. The summed E-state index contributed by atoms with van der Waals surface area (Å²) in [5, 5.41) is 7.37. The van der Waals surface area contributed by atoms with Crippen molar-refractivity contribution in [3.8, 4) is 0 Å². The molecule has 0 atom stereocenters. The fraction of sp³-hybridized carbons (Fsp3) is 0.417. The van der Waals surface area contributed by atoms with Gasteiger partial charge in [-0.2, -0.15) is 5.10 Å². The molecule has 9 heteroatoms. The summed E-state index contributed by atoms with van der Waals surface area (Å²) in [7, 11) is 1.78. The first kappa shape index (κ1) is 22.1. The Hall–Kier alpha value is -2.71. The van der Waals surface area contributed by atoms with Gasteiger partial charge in [-0.25, -0.2) is 4.98 Å². The van der Waals surface area contributed by atoms with E-state index in [9.17, 15) is 9.59 Å². The number of halogens is 1. The molecule has 0 saturated heterocycles. The average molecular weight is 484 g/mol. The second-order valence-corrected chi connectivity index (χ2v) is 10.1. The summed E-state index contributed by atoms with van der Waals surface area (Å²) in [5.74, 6) is 0.571. The van der Waals surface area contributed by atoms with Crippen molar-refractivity contribution in [2.45, 2.75) is 45.3 Å². The Morgan fingerprint density at radius 1 is 1.24 bits per heavy atom. The van der Waals surface area contributed by atoms with Crippen LogP contribution in [0.5, 0.6) is 0 Å². The first-order valence-corrected chi connectivity index (χ1v) is 12.5. The second-order valence-electron chi connectivity index (χ2n) is 8.91. The fourth-order valence-electron chi connectivity index (χ4n) is 4.27. The minimum absolute atomic E-state index is 0.0483. The Kier molecular flexibility index (Phi) is 6.21. The highest BCUT2D eigenvalue weighted by molar-refractivity contribution is 7.07. The molecule has 2 aromatic heterocycles. The van der Waals surface area contributed by atoms with Crippen molar-refractivity contribution in [1.29, 1.82) is 0 Å². The number of carbonyl (C=O) groups excluding carboxylic acids is 2. The van der Waals surface area contributed by atoms with Crippen molar-refractivity contribution >= 4 is 34.8 Å². The van der Waals surface area contributed by atoms with E-state index in [4.69, 9.17) is 16.7 Å². The minimum Gasteiger partial charge on any atom is -0.338 e. The zero-order valence-corrected chi connectivity index (χ0v) is 20.1. The quantitative estimate of drug-likeness (QED) is 0.512. The van der Waals surface area contributed by atoms with E-state index in [0.717, 1.165) is 29.1 Å². The molecular formula is C24H26ClN5O2S. The van der Waals surface area contributed by atoms with E-state index in [1.54, 1.807) is 29.6 Å². The van der Waals surface area contributed by atoms with E-state index in [2.05, 4.69) is 4.98 Å². The van der Waals surface area contributed by atoms with Gasteiger partial charge in [-0.3, -0.25) is 14.3 Å². The molecule has 0 spiro atoms. The van der Waals surface area contributed by atoms with Crippen LogP contribution < -0.4 is 0 Å². The predicted molar refractivity (Wildman–Crippen MR) is 127 cm³/mol. The molecule has 3 heterocycles. The molecule has 3 aromatic rings. The molecule has 1 saturated carbocycles. The van der Waals surface area contributed by atoms with E-state index in [0.29, 0.717) is 49.1 Å². The van der Waals surface area contributed by atoms with Gasteiger partial charge in [0.05, 0.1) is 24.2 Å². The lowest BCUT2D eigenvalue weighted by Crippen LogP contribution is -2.38. The molecule has 0 N–H and O–H groups in total. The van der Waals surface area contributed by atoms with Gasteiger partial charge in [-0.15, -0.1) is 11.3 Å². The molecule has 7 nitrogen and oxygen atoms in total. The van der Waals surface area contributed by atoms with Gasteiger partial charge in [0.1, 0.15) is 0 Å². The summed E-state index contributed by atoms with van der Waals surface area (Å²) in [4.78, 5) is 34.2. The summed E-state index contributed by atoms with van der Waals surface area (Å²) in [5.41, 5.74) is 6.02. The van der Waals surface area contributed by atoms with Crippen molar-refractivity contribution in [3.05, 3.63) is 68.4 Å². The summed E-state index contributed by atoms with van der Waals surface area (Å²) >= 11 is 7.48. The molecule has 1 aliphatic carbocycles. The Morgan fingerprint density at radius 2 is 2.03 bits per heavy atom. The zero-order valence-electron chi connectivity index (χ0n) is 18.5. The monoisotopic (exact) mass is 483 g/mol. The molecule has 0 bridgehead atoms. The van der Waals surface area contributed by atoms with Gasteiger partial charge >= 0.3 is 0 Å². The summed E-state index contributed by atoms with van der Waals surface area (Å²) in [6, 6.07) is 7.36. The van der Waals surface area contributed by atoms with Crippen LogP contribution in [0.25, 0.3) is 0 Å². The van der Waals surface area contributed by atoms with Crippen LogP contribution in [0.4, 0.5) is 0 Å². The first-order chi connectivity index (χ1) is 16.0. The van der Waals surface area contributed by atoms with Crippen LogP contribution in [0.15, 0.2) is 35.2 Å². The van der Waals surface area contributed by atoms with Gasteiger partial charge in [0, 0.05) is 54.8 Å². The molecule has 1 aliphatic heterocycles. The summed E-state index contributed by atoms with van der Waals surface area (Å²) in [6.07, 6.45) is 3.46. The van der Waals surface area contributed by atoms with Gasteiger partial charge in [0.25, 0.3) is 5.91 Å². The third-order valence-corrected chi connectivity index (χ3v) is 7.20. The third-order valence-electron chi connectivity index (χ3n) is 6.32. The van der Waals surface area contributed by atoms with Crippen LogP contribution in [0.2, 0.25) is 5.02 Å². The smallest absolute Gasteiger partial charge is 0.274 e. The summed E-state index contributed by atoms with van der Waals surface area (Å²) in [6.45, 7) is 2.34. The number of amides is 2. The highest BCUT2D eigenvalue weighted by Crippen LogP contribution is 2.33. The van der Waals surface area contributed by atoms with Crippen LogP contribution in [-0.2, 0) is 37.3 Å². The Balaban J connectivity index is 1.37. The van der Waals surface area contributed by atoms with E-state index in [1.165, 1.54) is 24.2 Å².